The van der Waals surface area contributed by atoms with Crippen LogP contribution in [0.4, 0.5) is 4.39 Å². The van der Waals surface area contributed by atoms with Crippen LogP contribution in [0.2, 0.25) is 0 Å². The van der Waals surface area contributed by atoms with Gasteiger partial charge in [-0.1, -0.05) is 26.0 Å². The first-order chi connectivity index (χ1) is 7.56. The molecule has 0 saturated carbocycles. The fourth-order valence-electron chi connectivity index (χ4n) is 1.84. The van der Waals surface area contributed by atoms with Gasteiger partial charge in [-0.05, 0) is 30.7 Å². The van der Waals surface area contributed by atoms with Gasteiger partial charge in [-0.3, -0.25) is 5.32 Å². The lowest BCUT2D eigenvalue weighted by Crippen LogP contribution is -2.48. The van der Waals surface area contributed by atoms with Gasteiger partial charge in [-0.2, -0.15) is 0 Å². The summed E-state index contributed by atoms with van der Waals surface area (Å²) in [5, 5.41) is 12.2. The van der Waals surface area contributed by atoms with Crippen molar-refractivity contribution in [3.05, 3.63) is 35.6 Å². The van der Waals surface area contributed by atoms with Crippen molar-refractivity contribution in [2.45, 2.75) is 25.8 Å². The summed E-state index contributed by atoms with van der Waals surface area (Å²) in [4.78, 5) is 11.4. The molecule has 0 bridgehead atoms. The average molecular weight is 225 g/mol. The van der Waals surface area contributed by atoms with E-state index in [2.05, 4.69) is 5.32 Å². The van der Waals surface area contributed by atoms with Gasteiger partial charge in [-0.25, -0.2) is 9.18 Å². The van der Waals surface area contributed by atoms with Crippen LogP contribution in [0.3, 0.4) is 0 Å². The number of benzene rings is 1. The van der Waals surface area contributed by atoms with Gasteiger partial charge in [0.25, 0.3) is 0 Å². The van der Waals surface area contributed by atoms with E-state index in [9.17, 15) is 14.3 Å². The molecule has 0 radical (unpaired) electrons. The number of nitrogens with one attached hydrogen (secondary N) is 1. The van der Waals surface area contributed by atoms with E-state index in [1.54, 1.807) is 13.0 Å². The van der Waals surface area contributed by atoms with E-state index in [4.69, 9.17) is 0 Å². The molecule has 0 amide bonds. The zero-order valence-corrected chi connectivity index (χ0v) is 9.46. The average Bonchev–Trinajstić information content (AvgIpc) is 2.25. The number of carboxylic acid groups (broad SMARTS) is 1. The Labute approximate surface area is 94.3 Å². The Morgan fingerprint density at radius 1 is 1.50 bits per heavy atom. The number of likely N-dealkylation sites (N-methyl/N-ethyl adjacent to an activating group) is 1. The number of aliphatic carboxylic acids is 1. The van der Waals surface area contributed by atoms with Gasteiger partial charge in [0.05, 0.1) is 0 Å². The van der Waals surface area contributed by atoms with Crippen molar-refractivity contribution in [2.24, 2.45) is 0 Å². The van der Waals surface area contributed by atoms with Crippen molar-refractivity contribution < 1.29 is 14.3 Å². The van der Waals surface area contributed by atoms with Crippen LogP contribution in [0.5, 0.6) is 0 Å². The van der Waals surface area contributed by atoms with Crippen molar-refractivity contribution in [2.75, 3.05) is 6.54 Å². The molecule has 1 atom stereocenters. The maximum absolute atomic E-state index is 13.1. The number of hydrogen-bond donors (Lipinski definition) is 2. The molecule has 0 fully saturated rings. The van der Waals surface area contributed by atoms with Crippen molar-refractivity contribution in [3.63, 3.8) is 0 Å². The molecule has 0 heterocycles. The van der Waals surface area contributed by atoms with E-state index in [0.717, 1.165) is 0 Å². The van der Waals surface area contributed by atoms with Crippen LogP contribution in [-0.2, 0) is 10.3 Å². The summed E-state index contributed by atoms with van der Waals surface area (Å²) < 4.78 is 13.1. The molecular formula is C12H16FNO2. The van der Waals surface area contributed by atoms with Crippen LogP contribution >= 0.6 is 0 Å². The molecule has 1 aromatic carbocycles. The van der Waals surface area contributed by atoms with Crippen molar-refractivity contribution in [1.29, 1.82) is 0 Å². The van der Waals surface area contributed by atoms with E-state index in [1.165, 1.54) is 18.2 Å². The quantitative estimate of drug-likeness (QED) is 0.807. The molecule has 1 rings (SSSR count). The predicted molar refractivity (Wildman–Crippen MR) is 59.7 cm³/mol. The maximum Gasteiger partial charge on any atom is 0.328 e. The Balaban J connectivity index is 3.24. The molecule has 1 aromatic rings. The zero-order valence-electron chi connectivity index (χ0n) is 9.46. The van der Waals surface area contributed by atoms with E-state index < -0.39 is 17.3 Å². The van der Waals surface area contributed by atoms with Gasteiger partial charge in [0.15, 0.2) is 0 Å². The molecule has 0 aliphatic heterocycles. The molecule has 0 aliphatic carbocycles. The maximum atomic E-state index is 13.1. The first kappa shape index (κ1) is 12.6. The zero-order chi connectivity index (χ0) is 12.2. The Bertz CT molecular complexity index is 381. The minimum Gasteiger partial charge on any atom is -0.480 e. The topological polar surface area (TPSA) is 49.3 Å². The summed E-state index contributed by atoms with van der Waals surface area (Å²) in [6.07, 6.45) is 0.361. The van der Waals surface area contributed by atoms with Gasteiger partial charge in [-0.15, -0.1) is 0 Å². The first-order valence-corrected chi connectivity index (χ1v) is 5.31. The van der Waals surface area contributed by atoms with Crippen LogP contribution < -0.4 is 5.32 Å². The summed E-state index contributed by atoms with van der Waals surface area (Å²) in [5.74, 6) is -1.41. The van der Waals surface area contributed by atoms with Crippen molar-refractivity contribution in [1.82, 2.24) is 5.32 Å². The largest absolute Gasteiger partial charge is 0.480 e. The van der Waals surface area contributed by atoms with Crippen LogP contribution in [0, 0.1) is 5.82 Å². The highest BCUT2D eigenvalue weighted by atomic mass is 19.1. The fraction of sp³-hybridized carbons (Fsp3) is 0.417. The fourth-order valence-corrected chi connectivity index (χ4v) is 1.84. The molecular weight excluding hydrogens is 209 g/mol. The first-order valence-electron chi connectivity index (χ1n) is 5.31. The van der Waals surface area contributed by atoms with Gasteiger partial charge in [0, 0.05) is 0 Å². The number of halogens is 1. The second kappa shape index (κ2) is 5.07. The van der Waals surface area contributed by atoms with E-state index in [-0.39, 0.29) is 0 Å². The molecule has 88 valence electrons. The van der Waals surface area contributed by atoms with Gasteiger partial charge in [0.1, 0.15) is 11.4 Å². The highest BCUT2D eigenvalue weighted by Gasteiger charge is 2.37. The number of carboxylic acids is 1. The number of rotatable bonds is 5. The summed E-state index contributed by atoms with van der Waals surface area (Å²) >= 11 is 0. The molecule has 0 aromatic heterocycles. The third-order valence-electron chi connectivity index (χ3n) is 2.69. The van der Waals surface area contributed by atoms with Crippen molar-refractivity contribution in [3.8, 4) is 0 Å². The normalized spacial score (nSPS) is 14.4. The van der Waals surface area contributed by atoms with Gasteiger partial charge < -0.3 is 5.11 Å². The van der Waals surface area contributed by atoms with E-state index >= 15 is 0 Å². The summed E-state index contributed by atoms with van der Waals surface area (Å²) in [7, 11) is 0. The Morgan fingerprint density at radius 2 is 2.19 bits per heavy atom. The number of hydrogen-bond acceptors (Lipinski definition) is 2. The SMILES string of the molecule is CCNC(CC)(C(=O)O)c1cccc(F)c1. The standard InChI is InChI=1S/C12H16FNO2/c1-3-12(11(15)16,14-4-2)9-6-5-7-10(13)8-9/h5-8,14H,3-4H2,1-2H3,(H,15,16). The highest BCUT2D eigenvalue weighted by molar-refractivity contribution is 5.80. The Morgan fingerprint density at radius 3 is 2.62 bits per heavy atom. The molecule has 0 saturated heterocycles. The minimum atomic E-state index is -1.20. The van der Waals surface area contributed by atoms with E-state index in [0.29, 0.717) is 18.5 Å². The molecule has 1 unspecified atom stereocenters. The Kier molecular flexibility index (Phi) is 4.01. The highest BCUT2D eigenvalue weighted by Crippen LogP contribution is 2.25. The number of carbonyl (C=O) groups is 1. The lowest BCUT2D eigenvalue weighted by molar-refractivity contribution is -0.145. The Hall–Kier alpha value is -1.42. The predicted octanol–water partition coefficient (Wildman–Crippen LogP) is 2.13. The van der Waals surface area contributed by atoms with Gasteiger partial charge in [0.2, 0.25) is 0 Å². The summed E-state index contributed by atoms with van der Waals surface area (Å²) in [5.41, 5.74) is -0.749. The molecule has 16 heavy (non-hydrogen) atoms. The molecule has 2 N–H and O–H groups in total. The van der Waals surface area contributed by atoms with E-state index in [1.807, 2.05) is 6.92 Å². The molecule has 4 heteroatoms. The lowest BCUT2D eigenvalue weighted by Gasteiger charge is -2.29. The third-order valence-corrected chi connectivity index (χ3v) is 2.69. The summed E-state index contributed by atoms with van der Waals surface area (Å²) in [6, 6.07) is 5.72. The van der Waals surface area contributed by atoms with Crippen molar-refractivity contribution >= 4 is 5.97 Å². The van der Waals surface area contributed by atoms with Crippen LogP contribution in [0.25, 0.3) is 0 Å². The second-order valence-electron chi connectivity index (χ2n) is 3.60. The molecule has 3 nitrogen and oxygen atoms in total. The molecule has 0 aliphatic rings. The smallest absolute Gasteiger partial charge is 0.328 e. The third kappa shape index (κ3) is 2.22. The van der Waals surface area contributed by atoms with Crippen LogP contribution in [0.15, 0.2) is 24.3 Å². The lowest BCUT2D eigenvalue weighted by atomic mass is 9.87. The van der Waals surface area contributed by atoms with Gasteiger partial charge >= 0.3 is 5.97 Å². The molecule has 0 spiro atoms. The minimum absolute atomic E-state index is 0.361. The summed E-state index contributed by atoms with van der Waals surface area (Å²) in [6.45, 7) is 4.10. The van der Waals surface area contributed by atoms with Crippen LogP contribution in [0.1, 0.15) is 25.8 Å². The second-order valence-corrected chi connectivity index (χ2v) is 3.60. The van der Waals surface area contributed by atoms with Crippen LogP contribution in [-0.4, -0.2) is 17.6 Å². The monoisotopic (exact) mass is 225 g/mol.